The van der Waals surface area contributed by atoms with Crippen LogP contribution in [0.3, 0.4) is 0 Å². The molecule has 0 aliphatic heterocycles. The SMILES string of the molecule is COc1ccc(/C=C/c2cc(OC)c(F)c(OC)c2)cc1OC. The summed E-state index contributed by atoms with van der Waals surface area (Å²) in [7, 11) is 6.00. The van der Waals surface area contributed by atoms with Crippen molar-refractivity contribution in [3.8, 4) is 23.0 Å². The third kappa shape index (κ3) is 3.74. The number of benzene rings is 2. The summed E-state index contributed by atoms with van der Waals surface area (Å²) in [5.41, 5.74) is 1.68. The van der Waals surface area contributed by atoms with Gasteiger partial charge >= 0.3 is 0 Å². The second kappa shape index (κ2) is 7.54. The van der Waals surface area contributed by atoms with Crippen molar-refractivity contribution in [3.05, 3.63) is 47.3 Å². The summed E-state index contributed by atoms with van der Waals surface area (Å²) in [5, 5.41) is 0. The smallest absolute Gasteiger partial charge is 0.206 e. The minimum atomic E-state index is -0.515. The van der Waals surface area contributed by atoms with Gasteiger partial charge in [0, 0.05) is 0 Å². The van der Waals surface area contributed by atoms with E-state index >= 15 is 0 Å². The summed E-state index contributed by atoms with van der Waals surface area (Å²) in [4.78, 5) is 0. The molecule has 122 valence electrons. The van der Waals surface area contributed by atoms with Gasteiger partial charge in [-0.05, 0) is 35.4 Å². The highest BCUT2D eigenvalue weighted by Gasteiger charge is 2.11. The summed E-state index contributed by atoms with van der Waals surface area (Å²) < 4.78 is 34.4. The Morgan fingerprint density at radius 1 is 0.652 bits per heavy atom. The predicted octanol–water partition coefficient (Wildman–Crippen LogP) is 4.03. The number of hydrogen-bond donors (Lipinski definition) is 0. The highest BCUT2D eigenvalue weighted by atomic mass is 19.1. The van der Waals surface area contributed by atoms with Crippen molar-refractivity contribution in [3.63, 3.8) is 0 Å². The van der Waals surface area contributed by atoms with Gasteiger partial charge in [-0.15, -0.1) is 0 Å². The van der Waals surface area contributed by atoms with Crippen molar-refractivity contribution in [2.75, 3.05) is 28.4 Å². The largest absolute Gasteiger partial charge is 0.494 e. The van der Waals surface area contributed by atoms with Crippen molar-refractivity contribution in [2.45, 2.75) is 0 Å². The standard InChI is InChI=1S/C18H19FO4/c1-20-14-8-7-12(9-15(14)21-2)5-6-13-10-16(22-3)18(19)17(11-13)23-4/h5-11H,1-4H3/b6-5+. The van der Waals surface area contributed by atoms with Crippen molar-refractivity contribution in [1.82, 2.24) is 0 Å². The summed E-state index contributed by atoms with van der Waals surface area (Å²) in [6.07, 6.45) is 3.72. The van der Waals surface area contributed by atoms with Crippen LogP contribution < -0.4 is 18.9 Å². The topological polar surface area (TPSA) is 36.9 Å². The lowest BCUT2D eigenvalue weighted by atomic mass is 10.1. The zero-order valence-corrected chi connectivity index (χ0v) is 13.6. The first-order chi connectivity index (χ1) is 11.1. The first-order valence-corrected chi connectivity index (χ1v) is 6.94. The minimum Gasteiger partial charge on any atom is -0.494 e. The first kappa shape index (κ1) is 16.7. The molecule has 0 heterocycles. The van der Waals surface area contributed by atoms with E-state index in [4.69, 9.17) is 18.9 Å². The molecule has 0 N–H and O–H groups in total. The van der Waals surface area contributed by atoms with E-state index in [-0.39, 0.29) is 11.5 Å². The maximum atomic E-state index is 13.9. The van der Waals surface area contributed by atoms with E-state index < -0.39 is 5.82 Å². The average molecular weight is 318 g/mol. The van der Waals surface area contributed by atoms with Gasteiger partial charge in [-0.3, -0.25) is 0 Å². The fraction of sp³-hybridized carbons (Fsp3) is 0.222. The zero-order valence-electron chi connectivity index (χ0n) is 13.6. The third-order valence-corrected chi connectivity index (χ3v) is 3.34. The molecule has 2 aromatic rings. The van der Waals surface area contributed by atoms with Gasteiger partial charge in [0.05, 0.1) is 28.4 Å². The number of halogens is 1. The molecule has 0 spiro atoms. The Morgan fingerprint density at radius 2 is 1.13 bits per heavy atom. The summed E-state index contributed by atoms with van der Waals surface area (Å²) in [6, 6.07) is 8.79. The van der Waals surface area contributed by atoms with Gasteiger partial charge in [0.2, 0.25) is 5.82 Å². The lowest BCUT2D eigenvalue weighted by molar-refractivity contribution is 0.350. The second-order valence-electron chi connectivity index (χ2n) is 4.69. The number of hydrogen-bond acceptors (Lipinski definition) is 4. The van der Waals surface area contributed by atoms with Crippen LogP contribution in [0.4, 0.5) is 4.39 Å². The van der Waals surface area contributed by atoms with Crippen LogP contribution in [0, 0.1) is 5.82 Å². The molecule has 0 bridgehead atoms. The lowest BCUT2D eigenvalue weighted by Gasteiger charge is -2.09. The minimum absolute atomic E-state index is 0.135. The molecule has 4 nitrogen and oxygen atoms in total. The Kier molecular flexibility index (Phi) is 5.46. The number of ether oxygens (including phenoxy) is 4. The Hall–Kier alpha value is -2.69. The Balaban J connectivity index is 2.33. The van der Waals surface area contributed by atoms with Crippen LogP contribution in [0.15, 0.2) is 30.3 Å². The van der Waals surface area contributed by atoms with Gasteiger partial charge in [0.1, 0.15) is 0 Å². The quantitative estimate of drug-likeness (QED) is 0.754. The normalized spacial score (nSPS) is 10.7. The van der Waals surface area contributed by atoms with Gasteiger partial charge in [-0.2, -0.15) is 4.39 Å². The van der Waals surface area contributed by atoms with Crippen LogP contribution in [0.2, 0.25) is 0 Å². The van der Waals surface area contributed by atoms with E-state index in [1.54, 1.807) is 26.4 Å². The molecule has 0 atom stereocenters. The molecule has 0 aromatic heterocycles. The molecule has 5 heteroatoms. The molecule has 23 heavy (non-hydrogen) atoms. The maximum Gasteiger partial charge on any atom is 0.206 e. The second-order valence-corrected chi connectivity index (χ2v) is 4.69. The van der Waals surface area contributed by atoms with E-state index in [9.17, 15) is 4.39 Å². The van der Waals surface area contributed by atoms with Crippen molar-refractivity contribution in [2.24, 2.45) is 0 Å². The predicted molar refractivity (Wildman–Crippen MR) is 88.0 cm³/mol. The average Bonchev–Trinajstić information content (AvgIpc) is 2.60. The van der Waals surface area contributed by atoms with Gasteiger partial charge in [-0.1, -0.05) is 18.2 Å². The number of methoxy groups -OCH3 is 4. The first-order valence-electron chi connectivity index (χ1n) is 6.94. The van der Waals surface area contributed by atoms with Crippen molar-refractivity contribution in [1.29, 1.82) is 0 Å². The molecule has 2 rings (SSSR count). The van der Waals surface area contributed by atoms with E-state index in [0.717, 1.165) is 11.1 Å². The molecular weight excluding hydrogens is 299 g/mol. The van der Waals surface area contributed by atoms with E-state index in [1.165, 1.54) is 14.2 Å². The zero-order chi connectivity index (χ0) is 16.8. The van der Waals surface area contributed by atoms with Crippen LogP contribution in [-0.4, -0.2) is 28.4 Å². The van der Waals surface area contributed by atoms with Crippen LogP contribution in [0.25, 0.3) is 12.2 Å². The van der Waals surface area contributed by atoms with Gasteiger partial charge in [0.15, 0.2) is 23.0 Å². The van der Waals surface area contributed by atoms with Gasteiger partial charge in [-0.25, -0.2) is 0 Å². The molecular formula is C18H19FO4. The molecule has 2 aromatic carbocycles. The Bertz CT molecular complexity index is 685. The molecule has 0 radical (unpaired) electrons. The third-order valence-electron chi connectivity index (χ3n) is 3.34. The van der Waals surface area contributed by atoms with Crippen LogP contribution in [0.1, 0.15) is 11.1 Å². The lowest BCUT2D eigenvalue weighted by Crippen LogP contribution is -1.94. The highest BCUT2D eigenvalue weighted by Crippen LogP contribution is 2.31. The summed E-state index contributed by atoms with van der Waals surface area (Å²) in [6.45, 7) is 0. The van der Waals surface area contributed by atoms with E-state index in [1.807, 2.05) is 30.4 Å². The molecule has 0 saturated heterocycles. The van der Waals surface area contributed by atoms with Crippen molar-refractivity contribution < 1.29 is 23.3 Å². The molecule has 0 saturated carbocycles. The van der Waals surface area contributed by atoms with Crippen LogP contribution >= 0.6 is 0 Å². The fourth-order valence-corrected chi connectivity index (χ4v) is 2.13. The van der Waals surface area contributed by atoms with E-state index in [2.05, 4.69) is 0 Å². The maximum absolute atomic E-state index is 13.9. The van der Waals surface area contributed by atoms with Gasteiger partial charge in [0.25, 0.3) is 0 Å². The van der Waals surface area contributed by atoms with Crippen LogP contribution in [0.5, 0.6) is 23.0 Å². The molecule has 0 fully saturated rings. The van der Waals surface area contributed by atoms with Crippen molar-refractivity contribution >= 4 is 12.2 Å². The molecule has 0 unspecified atom stereocenters. The molecule has 0 aliphatic carbocycles. The van der Waals surface area contributed by atoms with Gasteiger partial charge < -0.3 is 18.9 Å². The monoisotopic (exact) mass is 318 g/mol. The van der Waals surface area contributed by atoms with E-state index in [0.29, 0.717) is 11.5 Å². The Morgan fingerprint density at radius 3 is 1.65 bits per heavy atom. The number of rotatable bonds is 6. The summed E-state index contributed by atoms with van der Waals surface area (Å²) in [5.74, 6) is 1.06. The fourth-order valence-electron chi connectivity index (χ4n) is 2.13. The van der Waals surface area contributed by atoms with Crippen LogP contribution in [-0.2, 0) is 0 Å². The Labute approximate surface area is 135 Å². The summed E-state index contributed by atoms with van der Waals surface area (Å²) >= 11 is 0. The molecule has 0 amide bonds. The molecule has 0 aliphatic rings. The highest BCUT2D eigenvalue weighted by molar-refractivity contribution is 5.72.